The standard InChI is InChI=1S/C17H27N3O2.HI/c1-12(2)17(3,4)11-19-16(18)20-13-6-7-14-15(10-13)22-9-5-8-21-14;/h6-7,10,12H,5,8-9,11H2,1-4H3,(H3,18,19,20);1H. The van der Waals surface area contributed by atoms with Gasteiger partial charge in [-0.25, -0.2) is 0 Å². The van der Waals surface area contributed by atoms with Gasteiger partial charge < -0.3 is 20.5 Å². The number of fused-ring (bicyclic) bond motifs is 1. The summed E-state index contributed by atoms with van der Waals surface area (Å²) in [6.07, 6.45) is 0.894. The molecule has 0 unspecified atom stereocenters. The molecule has 2 rings (SSSR count). The number of rotatable bonds is 4. The number of hydrogen-bond donors (Lipinski definition) is 2. The van der Waals surface area contributed by atoms with Gasteiger partial charge in [0, 0.05) is 24.7 Å². The molecule has 5 nitrogen and oxygen atoms in total. The van der Waals surface area contributed by atoms with E-state index in [2.05, 4.69) is 38.0 Å². The predicted molar refractivity (Wildman–Crippen MR) is 106 cm³/mol. The maximum absolute atomic E-state index is 5.99. The zero-order valence-electron chi connectivity index (χ0n) is 14.4. The summed E-state index contributed by atoms with van der Waals surface area (Å²) < 4.78 is 11.3. The van der Waals surface area contributed by atoms with Crippen LogP contribution in [0.3, 0.4) is 0 Å². The Kier molecular flexibility index (Phi) is 7.44. The van der Waals surface area contributed by atoms with Crippen molar-refractivity contribution in [3.8, 4) is 11.5 Å². The average molecular weight is 433 g/mol. The van der Waals surface area contributed by atoms with Gasteiger partial charge in [0.15, 0.2) is 17.5 Å². The minimum atomic E-state index is 0. The van der Waals surface area contributed by atoms with Gasteiger partial charge in [-0.1, -0.05) is 27.7 Å². The number of nitrogens with zero attached hydrogens (tertiary/aromatic N) is 1. The Hall–Kier alpha value is -1.18. The number of guanidine groups is 1. The van der Waals surface area contributed by atoms with Gasteiger partial charge in [-0.2, -0.15) is 0 Å². The van der Waals surface area contributed by atoms with Crippen LogP contribution in [0.2, 0.25) is 0 Å². The van der Waals surface area contributed by atoms with Gasteiger partial charge in [-0.15, -0.1) is 24.0 Å². The third kappa shape index (κ3) is 5.75. The maximum Gasteiger partial charge on any atom is 0.193 e. The molecule has 130 valence electrons. The molecule has 6 heteroatoms. The summed E-state index contributed by atoms with van der Waals surface area (Å²) in [5.41, 5.74) is 6.96. The molecule has 0 amide bonds. The van der Waals surface area contributed by atoms with E-state index < -0.39 is 0 Å². The second-order valence-electron chi connectivity index (χ2n) is 6.68. The van der Waals surface area contributed by atoms with Gasteiger partial charge in [-0.05, 0) is 23.5 Å². The van der Waals surface area contributed by atoms with Gasteiger partial charge in [0.2, 0.25) is 0 Å². The monoisotopic (exact) mass is 433 g/mol. The molecule has 0 spiro atoms. The number of nitrogens with one attached hydrogen (secondary N) is 1. The molecule has 0 atom stereocenters. The van der Waals surface area contributed by atoms with Gasteiger partial charge in [0.25, 0.3) is 0 Å². The molecule has 0 aromatic heterocycles. The fourth-order valence-electron chi connectivity index (χ4n) is 1.90. The van der Waals surface area contributed by atoms with E-state index in [1.54, 1.807) is 0 Å². The number of benzene rings is 1. The molecule has 0 radical (unpaired) electrons. The van der Waals surface area contributed by atoms with E-state index in [-0.39, 0.29) is 29.4 Å². The Morgan fingerprint density at radius 1 is 1.26 bits per heavy atom. The van der Waals surface area contributed by atoms with Crippen molar-refractivity contribution in [2.75, 3.05) is 25.1 Å². The van der Waals surface area contributed by atoms with Crippen LogP contribution in [-0.2, 0) is 0 Å². The molecule has 1 heterocycles. The van der Waals surface area contributed by atoms with Crippen LogP contribution >= 0.6 is 24.0 Å². The van der Waals surface area contributed by atoms with Crippen LogP contribution < -0.4 is 20.5 Å². The summed E-state index contributed by atoms with van der Waals surface area (Å²) in [7, 11) is 0. The SMILES string of the molecule is CC(C)C(C)(C)CN=C(N)Nc1ccc2c(c1)OCCCO2.I. The lowest BCUT2D eigenvalue weighted by atomic mass is 9.81. The second kappa shape index (κ2) is 8.61. The molecule has 1 aromatic rings. The molecule has 23 heavy (non-hydrogen) atoms. The van der Waals surface area contributed by atoms with E-state index >= 15 is 0 Å². The third-order valence-electron chi connectivity index (χ3n) is 4.24. The number of anilines is 1. The van der Waals surface area contributed by atoms with Crippen molar-refractivity contribution in [2.24, 2.45) is 22.1 Å². The first-order valence-electron chi connectivity index (χ1n) is 7.85. The van der Waals surface area contributed by atoms with Crippen molar-refractivity contribution in [1.29, 1.82) is 0 Å². The topological polar surface area (TPSA) is 68.9 Å². The molecule has 0 fully saturated rings. The minimum Gasteiger partial charge on any atom is -0.490 e. The first kappa shape index (κ1) is 19.9. The van der Waals surface area contributed by atoms with E-state index in [0.29, 0.717) is 31.6 Å². The zero-order chi connectivity index (χ0) is 16.2. The van der Waals surface area contributed by atoms with Crippen molar-refractivity contribution in [3.05, 3.63) is 18.2 Å². The average Bonchev–Trinajstić information content (AvgIpc) is 2.70. The van der Waals surface area contributed by atoms with E-state index in [1.807, 2.05) is 18.2 Å². The van der Waals surface area contributed by atoms with E-state index in [0.717, 1.165) is 23.6 Å². The van der Waals surface area contributed by atoms with Crippen LogP contribution in [0.1, 0.15) is 34.1 Å². The highest BCUT2D eigenvalue weighted by atomic mass is 127. The van der Waals surface area contributed by atoms with Crippen LogP contribution in [0.15, 0.2) is 23.2 Å². The van der Waals surface area contributed by atoms with Crippen molar-refractivity contribution >= 4 is 35.6 Å². The van der Waals surface area contributed by atoms with E-state index in [9.17, 15) is 0 Å². The fraction of sp³-hybridized carbons (Fsp3) is 0.588. The Morgan fingerprint density at radius 2 is 1.91 bits per heavy atom. The van der Waals surface area contributed by atoms with E-state index in [4.69, 9.17) is 15.2 Å². The van der Waals surface area contributed by atoms with Gasteiger partial charge in [0.05, 0.1) is 13.2 Å². The number of ether oxygens (including phenoxy) is 2. The number of aliphatic imine (C=N–C) groups is 1. The summed E-state index contributed by atoms with van der Waals surface area (Å²) >= 11 is 0. The minimum absolute atomic E-state index is 0. The Balaban J connectivity index is 0.00000264. The van der Waals surface area contributed by atoms with E-state index in [1.165, 1.54) is 0 Å². The maximum atomic E-state index is 5.99. The Bertz CT molecular complexity index is 545. The normalized spacial score (nSPS) is 14.9. The van der Waals surface area contributed by atoms with Crippen molar-refractivity contribution in [1.82, 2.24) is 0 Å². The molecule has 0 saturated heterocycles. The lowest BCUT2D eigenvalue weighted by Gasteiger charge is -2.27. The number of nitrogens with two attached hydrogens (primary N) is 1. The van der Waals surface area contributed by atoms with Crippen molar-refractivity contribution < 1.29 is 9.47 Å². The van der Waals surface area contributed by atoms with Crippen LogP contribution in [0, 0.1) is 11.3 Å². The number of hydrogen-bond acceptors (Lipinski definition) is 3. The quantitative estimate of drug-likeness (QED) is 0.430. The Labute approximate surface area is 156 Å². The summed E-state index contributed by atoms with van der Waals surface area (Å²) in [6, 6.07) is 5.72. The zero-order valence-corrected chi connectivity index (χ0v) is 16.7. The van der Waals surface area contributed by atoms with Gasteiger partial charge in [-0.3, -0.25) is 4.99 Å². The molecule has 1 aliphatic heterocycles. The summed E-state index contributed by atoms with van der Waals surface area (Å²) in [5.74, 6) is 2.49. The molecule has 0 aliphatic carbocycles. The van der Waals surface area contributed by atoms with Crippen LogP contribution in [0.5, 0.6) is 11.5 Å². The highest BCUT2D eigenvalue weighted by molar-refractivity contribution is 14.0. The van der Waals surface area contributed by atoms with Crippen LogP contribution in [0.4, 0.5) is 5.69 Å². The number of halogens is 1. The molecular formula is C17H28IN3O2. The van der Waals surface area contributed by atoms with Crippen molar-refractivity contribution in [3.63, 3.8) is 0 Å². The van der Waals surface area contributed by atoms with Crippen LogP contribution in [0.25, 0.3) is 0 Å². The molecule has 0 bridgehead atoms. The highest BCUT2D eigenvalue weighted by Gasteiger charge is 2.21. The first-order valence-corrected chi connectivity index (χ1v) is 7.85. The molecule has 1 aliphatic rings. The second-order valence-corrected chi connectivity index (χ2v) is 6.68. The summed E-state index contributed by atoms with van der Waals surface area (Å²) in [5, 5.41) is 3.12. The molecule has 1 aromatic carbocycles. The highest BCUT2D eigenvalue weighted by Crippen LogP contribution is 2.32. The Morgan fingerprint density at radius 3 is 2.57 bits per heavy atom. The first-order chi connectivity index (χ1) is 10.4. The molecule has 3 N–H and O–H groups in total. The van der Waals surface area contributed by atoms with Gasteiger partial charge >= 0.3 is 0 Å². The smallest absolute Gasteiger partial charge is 0.193 e. The lowest BCUT2D eigenvalue weighted by molar-refractivity contribution is 0.262. The summed E-state index contributed by atoms with van der Waals surface area (Å²) in [6.45, 7) is 10.8. The lowest BCUT2D eigenvalue weighted by Crippen LogP contribution is -2.28. The van der Waals surface area contributed by atoms with Crippen molar-refractivity contribution in [2.45, 2.75) is 34.1 Å². The third-order valence-corrected chi connectivity index (χ3v) is 4.24. The fourth-order valence-corrected chi connectivity index (χ4v) is 1.90. The molecular weight excluding hydrogens is 405 g/mol. The predicted octanol–water partition coefficient (Wildman–Crippen LogP) is 3.87. The molecule has 0 saturated carbocycles. The summed E-state index contributed by atoms with van der Waals surface area (Å²) in [4.78, 5) is 4.45. The van der Waals surface area contributed by atoms with Gasteiger partial charge in [0.1, 0.15) is 0 Å². The van der Waals surface area contributed by atoms with Crippen LogP contribution in [-0.4, -0.2) is 25.7 Å². The largest absolute Gasteiger partial charge is 0.490 e.